The number of rotatable bonds is 5. The topological polar surface area (TPSA) is 32.3 Å². The zero-order valence-corrected chi connectivity index (χ0v) is 10.9. The van der Waals surface area contributed by atoms with Crippen LogP contribution in [0, 0.1) is 0 Å². The Morgan fingerprint density at radius 3 is 3.00 bits per heavy atom. The van der Waals surface area contributed by atoms with Crippen LogP contribution in [0.5, 0.6) is 0 Å². The highest BCUT2D eigenvalue weighted by atomic mass is 16.2. The molecular formula is C15H20N2O. The molecule has 1 aliphatic rings. The summed E-state index contributed by atoms with van der Waals surface area (Å²) in [6.45, 7) is 6.25. The SMILES string of the molecule is C=CCCCN(C)C(=O)c1ccc2c(c1)CNC2. The van der Waals surface area contributed by atoms with Gasteiger partial charge < -0.3 is 10.2 Å². The van der Waals surface area contributed by atoms with E-state index in [4.69, 9.17) is 0 Å². The van der Waals surface area contributed by atoms with Crippen molar-refractivity contribution in [2.45, 2.75) is 25.9 Å². The fourth-order valence-corrected chi connectivity index (χ4v) is 2.22. The maximum atomic E-state index is 12.2. The van der Waals surface area contributed by atoms with E-state index >= 15 is 0 Å². The van der Waals surface area contributed by atoms with Crippen LogP contribution in [0.15, 0.2) is 30.9 Å². The minimum absolute atomic E-state index is 0.105. The van der Waals surface area contributed by atoms with E-state index in [1.807, 2.05) is 25.3 Å². The summed E-state index contributed by atoms with van der Waals surface area (Å²) in [5.74, 6) is 0.105. The van der Waals surface area contributed by atoms with Gasteiger partial charge in [0.1, 0.15) is 0 Å². The van der Waals surface area contributed by atoms with Crippen molar-refractivity contribution in [1.29, 1.82) is 0 Å². The van der Waals surface area contributed by atoms with E-state index in [1.54, 1.807) is 4.90 Å². The zero-order chi connectivity index (χ0) is 13.0. The van der Waals surface area contributed by atoms with Crippen LogP contribution in [0.2, 0.25) is 0 Å². The van der Waals surface area contributed by atoms with Crippen LogP contribution in [-0.2, 0) is 13.1 Å². The molecule has 1 aliphatic heterocycles. The molecule has 0 unspecified atom stereocenters. The van der Waals surface area contributed by atoms with E-state index in [-0.39, 0.29) is 5.91 Å². The van der Waals surface area contributed by atoms with E-state index in [2.05, 4.69) is 18.0 Å². The molecule has 1 N–H and O–H groups in total. The number of carbonyl (C=O) groups is 1. The van der Waals surface area contributed by atoms with Crippen LogP contribution in [0.3, 0.4) is 0 Å². The highest BCUT2D eigenvalue weighted by Crippen LogP contribution is 2.18. The summed E-state index contributed by atoms with van der Waals surface area (Å²) < 4.78 is 0. The molecule has 3 heteroatoms. The number of fused-ring (bicyclic) bond motifs is 1. The van der Waals surface area contributed by atoms with Crippen LogP contribution < -0.4 is 5.32 Å². The van der Waals surface area contributed by atoms with Gasteiger partial charge in [-0.25, -0.2) is 0 Å². The van der Waals surface area contributed by atoms with E-state index < -0.39 is 0 Å². The van der Waals surface area contributed by atoms with E-state index in [0.717, 1.165) is 38.0 Å². The van der Waals surface area contributed by atoms with Crippen molar-refractivity contribution in [1.82, 2.24) is 10.2 Å². The maximum Gasteiger partial charge on any atom is 0.253 e. The molecule has 0 aliphatic carbocycles. The second-order valence-corrected chi connectivity index (χ2v) is 4.74. The number of hydrogen-bond acceptors (Lipinski definition) is 2. The molecule has 1 aromatic carbocycles. The number of carbonyl (C=O) groups excluding carboxylic acids is 1. The lowest BCUT2D eigenvalue weighted by molar-refractivity contribution is 0.0794. The van der Waals surface area contributed by atoms with E-state index in [9.17, 15) is 4.79 Å². The molecule has 0 spiro atoms. The average molecular weight is 244 g/mol. The number of hydrogen-bond donors (Lipinski definition) is 1. The predicted molar refractivity (Wildman–Crippen MR) is 73.4 cm³/mol. The summed E-state index contributed by atoms with van der Waals surface area (Å²) in [6, 6.07) is 6.00. The van der Waals surface area contributed by atoms with Crippen LogP contribution in [0.25, 0.3) is 0 Å². The average Bonchev–Trinajstić information content (AvgIpc) is 2.85. The zero-order valence-electron chi connectivity index (χ0n) is 10.9. The maximum absolute atomic E-state index is 12.2. The lowest BCUT2D eigenvalue weighted by Gasteiger charge is -2.17. The minimum Gasteiger partial charge on any atom is -0.342 e. The monoisotopic (exact) mass is 244 g/mol. The van der Waals surface area contributed by atoms with Gasteiger partial charge in [-0.3, -0.25) is 4.79 Å². The standard InChI is InChI=1S/C15H20N2O/c1-3-4-5-8-17(2)15(18)12-6-7-13-10-16-11-14(13)9-12/h3,6-7,9,16H,1,4-5,8,10-11H2,2H3. The molecule has 0 fully saturated rings. The molecule has 0 aromatic heterocycles. The molecule has 2 rings (SSSR count). The van der Waals surface area contributed by atoms with Gasteiger partial charge in [0.05, 0.1) is 0 Å². The third kappa shape index (κ3) is 2.79. The Morgan fingerprint density at radius 1 is 1.44 bits per heavy atom. The van der Waals surface area contributed by atoms with Gasteiger partial charge in [-0.1, -0.05) is 12.1 Å². The third-order valence-electron chi connectivity index (χ3n) is 3.33. The largest absolute Gasteiger partial charge is 0.342 e. The van der Waals surface area contributed by atoms with Gasteiger partial charge in [-0.15, -0.1) is 6.58 Å². The summed E-state index contributed by atoms with van der Waals surface area (Å²) in [4.78, 5) is 14.0. The third-order valence-corrected chi connectivity index (χ3v) is 3.33. The molecular weight excluding hydrogens is 224 g/mol. The van der Waals surface area contributed by atoms with Crippen molar-refractivity contribution in [3.63, 3.8) is 0 Å². The summed E-state index contributed by atoms with van der Waals surface area (Å²) >= 11 is 0. The van der Waals surface area contributed by atoms with Crippen molar-refractivity contribution in [3.8, 4) is 0 Å². The summed E-state index contributed by atoms with van der Waals surface area (Å²) in [5, 5.41) is 3.29. The Bertz CT molecular complexity index is 454. The van der Waals surface area contributed by atoms with Gasteiger partial charge in [-0.05, 0) is 36.1 Å². The number of amides is 1. The molecule has 18 heavy (non-hydrogen) atoms. The van der Waals surface area contributed by atoms with Crippen molar-refractivity contribution in [2.75, 3.05) is 13.6 Å². The lowest BCUT2D eigenvalue weighted by Crippen LogP contribution is -2.27. The molecule has 0 saturated heterocycles. The van der Waals surface area contributed by atoms with Crippen LogP contribution >= 0.6 is 0 Å². The quantitative estimate of drug-likeness (QED) is 0.637. The normalized spacial score (nSPS) is 13.2. The summed E-state index contributed by atoms with van der Waals surface area (Å²) in [6.07, 6.45) is 3.81. The summed E-state index contributed by atoms with van der Waals surface area (Å²) in [5.41, 5.74) is 3.35. The Hall–Kier alpha value is -1.61. The highest BCUT2D eigenvalue weighted by Gasteiger charge is 2.15. The van der Waals surface area contributed by atoms with Crippen LogP contribution in [0.4, 0.5) is 0 Å². The van der Waals surface area contributed by atoms with Crippen molar-refractivity contribution >= 4 is 5.91 Å². The number of unbranched alkanes of at least 4 members (excludes halogenated alkanes) is 1. The Labute approximate surface area is 108 Å². The van der Waals surface area contributed by atoms with Gasteiger partial charge >= 0.3 is 0 Å². The Kier molecular flexibility index (Phi) is 4.15. The number of allylic oxidation sites excluding steroid dienone is 1. The predicted octanol–water partition coefficient (Wildman–Crippen LogP) is 2.33. The van der Waals surface area contributed by atoms with Gasteiger partial charge in [0, 0.05) is 32.2 Å². The summed E-state index contributed by atoms with van der Waals surface area (Å²) in [7, 11) is 1.86. The fraction of sp³-hybridized carbons (Fsp3) is 0.400. The molecule has 1 aromatic rings. The second-order valence-electron chi connectivity index (χ2n) is 4.74. The van der Waals surface area contributed by atoms with E-state index in [0.29, 0.717) is 0 Å². The molecule has 96 valence electrons. The number of nitrogens with zero attached hydrogens (tertiary/aromatic N) is 1. The van der Waals surface area contributed by atoms with Crippen molar-refractivity contribution in [2.24, 2.45) is 0 Å². The van der Waals surface area contributed by atoms with Crippen molar-refractivity contribution < 1.29 is 4.79 Å². The first-order valence-electron chi connectivity index (χ1n) is 6.41. The van der Waals surface area contributed by atoms with Crippen molar-refractivity contribution in [3.05, 3.63) is 47.5 Å². The molecule has 1 amide bonds. The molecule has 0 saturated carbocycles. The Morgan fingerprint density at radius 2 is 2.22 bits per heavy atom. The first kappa shape index (κ1) is 12.8. The number of benzene rings is 1. The lowest BCUT2D eigenvalue weighted by atomic mass is 10.1. The molecule has 0 bridgehead atoms. The first-order valence-corrected chi connectivity index (χ1v) is 6.41. The van der Waals surface area contributed by atoms with Gasteiger partial charge in [-0.2, -0.15) is 0 Å². The fourth-order valence-electron chi connectivity index (χ4n) is 2.22. The second kappa shape index (κ2) is 5.83. The van der Waals surface area contributed by atoms with Gasteiger partial charge in [0.15, 0.2) is 0 Å². The van der Waals surface area contributed by atoms with Crippen LogP contribution in [-0.4, -0.2) is 24.4 Å². The van der Waals surface area contributed by atoms with Gasteiger partial charge in [0.25, 0.3) is 5.91 Å². The minimum atomic E-state index is 0.105. The Balaban J connectivity index is 2.02. The number of nitrogens with one attached hydrogen (secondary N) is 1. The first-order chi connectivity index (χ1) is 8.72. The van der Waals surface area contributed by atoms with Crippen LogP contribution in [0.1, 0.15) is 34.3 Å². The highest BCUT2D eigenvalue weighted by molar-refractivity contribution is 5.94. The molecule has 0 atom stereocenters. The molecule has 0 radical (unpaired) electrons. The molecule has 1 heterocycles. The van der Waals surface area contributed by atoms with Gasteiger partial charge in [0.2, 0.25) is 0 Å². The smallest absolute Gasteiger partial charge is 0.253 e. The van der Waals surface area contributed by atoms with E-state index in [1.165, 1.54) is 11.1 Å². The molecule has 3 nitrogen and oxygen atoms in total.